The molecule has 0 spiro atoms. The fourth-order valence-electron chi connectivity index (χ4n) is 1.82. The Morgan fingerprint density at radius 3 is 2.45 bits per heavy atom. The molecule has 0 unspecified atom stereocenters. The van der Waals surface area contributed by atoms with Crippen LogP contribution in [0.3, 0.4) is 0 Å². The Balaban J connectivity index is 2.28. The molecule has 1 aliphatic heterocycles. The SMILES string of the molecule is CCC(=O)Oc1ncccc1B1OC(C)(C)C(C)(C)O1. The first-order chi connectivity index (χ1) is 9.27. The van der Waals surface area contributed by atoms with Crippen LogP contribution >= 0.6 is 0 Å². The number of hydrogen-bond donors (Lipinski definition) is 0. The van der Waals surface area contributed by atoms with E-state index in [9.17, 15) is 4.79 Å². The van der Waals surface area contributed by atoms with Gasteiger partial charge < -0.3 is 14.0 Å². The van der Waals surface area contributed by atoms with E-state index in [2.05, 4.69) is 4.98 Å². The first-order valence-electron chi connectivity index (χ1n) is 6.78. The molecule has 2 rings (SSSR count). The number of aromatic nitrogens is 1. The second-order valence-electron chi connectivity index (χ2n) is 5.81. The zero-order chi connectivity index (χ0) is 15.0. The first kappa shape index (κ1) is 15.0. The molecular weight excluding hydrogens is 257 g/mol. The quantitative estimate of drug-likeness (QED) is 0.621. The number of carbonyl (C=O) groups excluding carboxylic acids is 1. The minimum absolute atomic E-state index is 0.248. The molecule has 5 nitrogen and oxygen atoms in total. The van der Waals surface area contributed by atoms with E-state index in [1.165, 1.54) is 0 Å². The highest BCUT2D eigenvalue weighted by atomic mass is 16.7. The Morgan fingerprint density at radius 1 is 1.30 bits per heavy atom. The van der Waals surface area contributed by atoms with Crippen LogP contribution in [0.2, 0.25) is 0 Å². The summed E-state index contributed by atoms with van der Waals surface area (Å²) < 4.78 is 17.1. The molecule has 0 saturated carbocycles. The lowest BCUT2D eigenvalue weighted by atomic mass is 9.80. The van der Waals surface area contributed by atoms with E-state index < -0.39 is 18.3 Å². The van der Waals surface area contributed by atoms with Crippen LogP contribution in [0.5, 0.6) is 5.88 Å². The van der Waals surface area contributed by atoms with Gasteiger partial charge >= 0.3 is 13.1 Å². The summed E-state index contributed by atoms with van der Waals surface area (Å²) in [4.78, 5) is 15.6. The zero-order valence-corrected chi connectivity index (χ0v) is 12.6. The first-order valence-corrected chi connectivity index (χ1v) is 6.78. The summed E-state index contributed by atoms with van der Waals surface area (Å²) in [5.74, 6) is -0.0840. The second-order valence-corrected chi connectivity index (χ2v) is 5.81. The highest BCUT2D eigenvalue weighted by Gasteiger charge is 2.52. The maximum atomic E-state index is 11.5. The fraction of sp³-hybridized carbons (Fsp3) is 0.571. The van der Waals surface area contributed by atoms with Gasteiger partial charge in [-0.3, -0.25) is 4.79 Å². The van der Waals surface area contributed by atoms with Crippen LogP contribution in [0.25, 0.3) is 0 Å². The third-order valence-electron chi connectivity index (χ3n) is 3.81. The largest absolute Gasteiger partial charge is 0.500 e. The molecule has 20 heavy (non-hydrogen) atoms. The van der Waals surface area contributed by atoms with Gasteiger partial charge in [-0.25, -0.2) is 4.98 Å². The molecule has 0 radical (unpaired) electrons. The normalized spacial score (nSPS) is 19.9. The summed E-state index contributed by atoms with van der Waals surface area (Å²) in [7, 11) is -0.589. The monoisotopic (exact) mass is 277 g/mol. The third kappa shape index (κ3) is 2.71. The van der Waals surface area contributed by atoms with Crippen LogP contribution in [-0.4, -0.2) is 29.3 Å². The lowest BCUT2D eigenvalue weighted by molar-refractivity contribution is -0.134. The smallest absolute Gasteiger partial charge is 0.408 e. The highest BCUT2D eigenvalue weighted by molar-refractivity contribution is 6.63. The molecule has 108 valence electrons. The van der Waals surface area contributed by atoms with Crippen LogP contribution in [0.15, 0.2) is 18.3 Å². The van der Waals surface area contributed by atoms with Crippen LogP contribution < -0.4 is 10.2 Å². The maximum absolute atomic E-state index is 11.5. The van der Waals surface area contributed by atoms with Crippen molar-refractivity contribution in [3.8, 4) is 5.88 Å². The van der Waals surface area contributed by atoms with Gasteiger partial charge in [0.2, 0.25) is 5.88 Å². The van der Waals surface area contributed by atoms with E-state index in [4.69, 9.17) is 14.0 Å². The van der Waals surface area contributed by atoms with E-state index in [1.54, 1.807) is 25.3 Å². The minimum atomic E-state index is -0.589. The third-order valence-corrected chi connectivity index (χ3v) is 3.81. The topological polar surface area (TPSA) is 57.7 Å². The Kier molecular flexibility index (Phi) is 3.89. The predicted molar refractivity (Wildman–Crippen MR) is 75.9 cm³/mol. The molecule has 1 aromatic heterocycles. The van der Waals surface area contributed by atoms with Gasteiger partial charge in [0.1, 0.15) is 0 Å². The molecule has 0 amide bonds. The summed E-state index contributed by atoms with van der Waals surface area (Å²) in [6, 6.07) is 3.57. The van der Waals surface area contributed by atoms with Crippen molar-refractivity contribution in [1.29, 1.82) is 0 Å². The minimum Gasteiger partial charge on any atom is -0.408 e. The number of carbonyl (C=O) groups is 1. The van der Waals surface area contributed by atoms with Crippen LogP contribution in [0.1, 0.15) is 41.0 Å². The van der Waals surface area contributed by atoms with Gasteiger partial charge in [0.25, 0.3) is 0 Å². The number of nitrogens with zero attached hydrogens (tertiary/aromatic N) is 1. The van der Waals surface area contributed by atoms with Crippen molar-refractivity contribution < 1.29 is 18.8 Å². The average Bonchev–Trinajstić information content (AvgIpc) is 2.59. The molecule has 0 aliphatic carbocycles. The molecule has 1 aliphatic rings. The lowest BCUT2D eigenvalue weighted by Crippen LogP contribution is -2.41. The molecule has 1 fully saturated rings. The van der Waals surface area contributed by atoms with Crippen LogP contribution in [0.4, 0.5) is 0 Å². The van der Waals surface area contributed by atoms with Gasteiger partial charge in [0, 0.05) is 18.1 Å². The van der Waals surface area contributed by atoms with Gasteiger partial charge in [-0.05, 0) is 33.8 Å². The van der Waals surface area contributed by atoms with Crippen molar-refractivity contribution in [2.24, 2.45) is 0 Å². The Morgan fingerprint density at radius 2 is 1.90 bits per heavy atom. The summed E-state index contributed by atoms with van der Waals surface area (Å²) >= 11 is 0. The summed E-state index contributed by atoms with van der Waals surface area (Å²) in [5.41, 5.74) is -0.257. The number of pyridine rings is 1. The average molecular weight is 277 g/mol. The Labute approximate surface area is 119 Å². The molecule has 2 heterocycles. The number of esters is 1. The van der Waals surface area contributed by atoms with E-state index in [0.717, 1.165) is 0 Å². The molecular formula is C14H20BNO4. The van der Waals surface area contributed by atoms with E-state index in [-0.39, 0.29) is 11.8 Å². The van der Waals surface area contributed by atoms with Crippen molar-refractivity contribution in [2.75, 3.05) is 0 Å². The second kappa shape index (κ2) is 5.18. The van der Waals surface area contributed by atoms with Crippen molar-refractivity contribution in [1.82, 2.24) is 4.98 Å². The van der Waals surface area contributed by atoms with Crippen molar-refractivity contribution in [3.63, 3.8) is 0 Å². The molecule has 1 aromatic rings. The number of ether oxygens (including phenoxy) is 1. The standard InChI is InChI=1S/C14H20BNO4/c1-6-11(17)18-12-10(8-7-9-16-12)15-19-13(2,3)14(4,5)20-15/h7-9H,6H2,1-5H3. The molecule has 0 aromatic carbocycles. The predicted octanol–water partition coefficient (Wildman–Crippen LogP) is 1.70. The van der Waals surface area contributed by atoms with Crippen LogP contribution in [0, 0.1) is 0 Å². The van der Waals surface area contributed by atoms with Gasteiger partial charge in [-0.15, -0.1) is 0 Å². The van der Waals surface area contributed by atoms with Gasteiger partial charge in [-0.2, -0.15) is 0 Å². The van der Waals surface area contributed by atoms with Crippen molar-refractivity contribution in [2.45, 2.75) is 52.2 Å². The zero-order valence-electron chi connectivity index (χ0n) is 12.6. The van der Waals surface area contributed by atoms with Gasteiger partial charge in [0.15, 0.2) is 0 Å². The molecule has 0 bridgehead atoms. The van der Waals surface area contributed by atoms with E-state index >= 15 is 0 Å². The molecule has 1 saturated heterocycles. The van der Waals surface area contributed by atoms with E-state index in [0.29, 0.717) is 11.9 Å². The summed E-state index contributed by atoms with van der Waals surface area (Å²) in [5, 5.41) is 0. The van der Waals surface area contributed by atoms with E-state index in [1.807, 2.05) is 27.7 Å². The molecule has 0 N–H and O–H groups in total. The summed E-state index contributed by atoms with van der Waals surface area (Å²) in [6.45, 7) is 9.63. The number of rotatable bonds is 3. The number of hydrogen-bond acceptors (Lipinski definition) is 5. The van der Waals surface area contributed by atoms with Crippen LogP contribution in [-0.2, 0) is 14.1 Å². The molecule has 0 atom stereocenters. The van der Waals surface area contributed by atoms with Crippen molar-refractivity contribution >= 4 is 18.6 Å². The van der Waals surface area contributed by atoms with Crippen molar-refractivity contribution in [3.05, 3.63) is 18.3 Å². The maximum Gasteiger partial charge on any atom is 0.500 e. The summed E-state index contributed by atoms with van der Waals surface area (Å²) in [6.07, 6.45) is 1.87. The Hall–Kier alpha value is -1.40. The Bertz CT molecular complexity index is 500. The molecule has 6 heteroatoms. The van der Waals surface area contributed by atoms with Gasteiger partial charge in [-0.1, -0.05) is 13.0 Å². The van der Waals surface area contributed by atoms with Gasteiger partial charge in [0.05, 0.1) is 11.2 Å². The lowest BCUT2D eigenvalue weighted by Gasteiger charge is -2.32. The highest BCUT2D eigenvalue weighted by Crippen LogP contribution is 2.36. The fourth-order valence-corrected chi connectivity index (χ4v) is 1.82.